The first-order chi connectivity index (χ1) is 8.72. The number of thiophene rings is 1. The lowest BCUT2D eigenvalue weighted by atomic mass is 10.5. The van der Waals surface area contributed by atoms with Gasteiger partial charge in [0.05, 0.1) is 6.33 Å². The number of nitrogens with two attached hydrogens (primary N) is 1. The molecule has 0 saturated heterocycles. The van der Waals surface area contributed by atoms with Gasteiger partial charge in [0.2, 0.25) is 0 Å². The first-order valence-electron chi connectivity index (χ1n) is 5.10. The van der Waals surface area contributed by atoms with Crippen LogP contribution >= 0.6 is 27.3 Å². The van der Waals surface area contributed by atoms with E-state index in [2.05, 4.69) is 35.9 Å². The summed E-state index contributed by atoms with van der Waals surface area (Å²) in [5.74, 6) is 0.816. The molecule has 3 heterocycles. The number of nitrogens with zero attached hydrogens (tertiary/aromatic N) is 2. The molecule has 0 aliphatic carbocycles. The summed E-state index contributed by atoms with van der Waals surface area (Å²) in [6.45, 7) is 0.463. The number of ether oxygens (including phenoxy) is 1. The molecule has 3 aromatic rings. The largest absolute Gasteiger partial charge is 0.461 e. The zero-order valence-corrected chi connectivity index (χ0v) is 11.5. The van der Waals surface area contributed by atoms with E-state index in [4.69, 9.17) is 10.5 Å². The molecule has 3 rings (SSSR count). The molecular formula is C10H9BrN5OS+. The Morgan fingerprint density at radius 1 is 1.56 bits per heavy atom. The van der Waals surface area contributed by atoms with Gasteiger partial charge in [-0.2, -0.15) is 0 Å². The average Bonchev–Trinajstić information content (AvgIpc) is 2.94. The molecule has 92 valence electrons. The molecule has 0 aromatic carbocycles. The average molecular weight is 327 g/mol. The predicted molar refractivity (Wildman–Crippen MR) is 71.2 cm³/mol. The van der Waals surface area contributed by atoms with Crippen LogP contribution in [0.25, 0.3) is 11.2 Å². The normalized spacial score (nSPS) is 10.9. The van der Waals surface area contributed by atoms with E-state index < -0.39 is 0 Å². The van der Waals surface area contributed by atoms with E-state index in [1.807, 2.05) is 11.4 Å². The molecule has 0 aliphatic heterocycles. The van der Waals surface area contributed by atoms with Crippen LogP contribution in [0, 0.1) is 0 Å². The van der Waals surface area contributed by atoms with E-state index in [0.29, 0.717) is 23.7 Å². The highest BCUT2D eigenvalue weighted by molar-refractivity contribution is 9.10. The van der Waals surface area contributed by atoms with Crippen molar-refractivity contribution in [2.75, 3.05) is 5.73 Å². The van der Waals surface area contributed by atoms with E-state index in [0.717, 1.165) is 9.35 Å². The highest BCUT2D eigenvalue weighted by atomic mass is 79.9. The maximum atomic E-state index is 5.70. The Morgan fingerprint density at radius 3 is 3.22 bits per heavy atom. The third-order valence-electron chi connectivity index (χ3n) is 2.29. The van der Waals surface area contributed by atoms with Gasteiger partial charge in [-0.05, 0) is 27.0 Å². The standard InChI is InChI=1S/C10H8BrN5OS/c11-5-1-6(18-3-5)2-17-9-7-8(14-4-13-7)15-10(12)16-9/h1,3-4H,2H2,(H3,12,13,14,15,16)/p+1. The number of aromatic amines is 2. The van der Waals surface area contributed by atoms with Gasteiger partial charge in [0.1, 0.15) is 6.61 Å². The molecule has 0 amide bonds. The highest BCUT2D eigenvalue weighted by Gasteiger charge is 2.14. The van der Waals surface area contributed by atoms with Crippen molar-refractivity contribution in [3.63, 3.8) is 0 Å². The summed E-state index contributed by atoms with van der Waals surface area (Å²) in [4.78, 5) is 15.1. The minimum atomic E-state index is 0.275. The number of hydrogen-bond acceptors (Lipinski definition) is 5. The van der Waals surface area contributed by atoms with Gasteiger partial charge in [-0.15, -0.1) is 11.3 Å². The molecule has 0 unspecified atom stereocenters. The Morgan fingerprint density at radius 2 is 2.44 bits per heavy atom. The van der Waals surface area contributed by atoms with Gasteiger partial charge in [-0.3, -0.25) is 5.73 Å². The van der Waals surface area contributed by atoms with Gasteiger partial charge in [0.15, 0.2) is 5.52 Å². The van der Waals surface area contributed by atoms with Gasteiger partial charge >= 0.3 is 5.95 Å². The van der Waals surface area contributed by atoms with Crippen LogP contribution in [-0.4, -0.2) is 15.0 Å². The van der Waals surface area contributed by atoms with E-state index >= 15 is 0 Å². The van der Waals surface area contributed by atoms with Crippen molar-refractivity contribution >= 4 is 44.4 Å². The van der Waals surface area contributed by atoms with Crippen LogP contribution in [0.4, 0.5) is 5.95 Å². The lowest BCUT2D eigenvalue weighted by molar-refractivity contribution is -0.380. The predicted octanol–water partition coefficient (Wildman–Crippen LogP) is 1.76. The first kappa shape index (κ1) is 11.4. The zero-order valence-electron chi connectivity index (χ0n) is 9.11. The van der Waals surface area contributed by atoms with Crippen molar-refractivity contribution in [3.05, 3.63) is 27.1 Å². The molecule has 0 aliphatic rings. The lowest BCUT2D eigenvalue weighted by Gasteiger charge is -2.02. The fourth-order valence-corrected chi connectivity index (χ4v) is 2.90. The third-order valence-corrected chi connectivity index (χ3v) is 3.97. The van der Waals surface area contributed by atoms with E-state index in [1.165, 1.54) is 0 Å². The summed E-state index contributed by atoms with van der Waals surface area (Å²) in [5.41, 5.74) is 6.90. The van der Waals surface area contributed by atoms with Gasteiger partial charge in [0.25, 0.3) is 11.5 Å². The summed E-state index contributed by atoms with van der Waals surface area (Å²) in [7, 11) is 0. The number of anilines is 1. The summed E-state index contributed by atoms with van der Waals surface area (Å²) >= 11 is 5.03. The van der Waals surface area contributed by atoms with Crippen LogP contribution in [0.3, 0.4) is 0 Å². The molecule has 0 spiro atoms. The minimum Gasteiger partial charge on any atom is -0.461 e. The second kappa shape index (κ2) is 4.54. The number of hydrogen-bond donors (Lipinski definition) is 2. The molecule has 0 radical (unpaired) electrons. The molecule has 18 heavy (non-hydrogen) atoms. The van der Waals surface area contributed by atoms with Crippen molar-refractivity contribution in [1.29, 1.82) is 0 Å². The number of nitrogen functional groups attached to an aromatic ring is 1. The van der Waals surface area contributed by atoms with Crippen molar-refractivity contribution in [2.24, 2.45) is 0 Å². The minimum absolute atomic E-state index is 0.275. The van der Waals surface area contributed by atoms with Crippen LogP contribution in [0.1, 0.15) is 4.88 Å². The number of nitrogens with one attached hydrogen (secondary N) is 2. The summed E-state index contributed by atoms with van der Waals surface area (Å²) in [5, 5.41) is 2.01. The van der Waals surface area contributed by atoms with Crippen molar-refractivity contribution < 1.29 is 9.72 Å². The highest BCUT2D eigenvalue weighted by Crippen LogP contribution is 2.22. The second-order valence-corrected chi connectivity index (χ2v) is 5.48. The Kier molecular flexibility index (Phi) is 2.88. The topological polar surface area (TPSA) is 91.0 Å². The molecule has 0 bridgehead atoms. The van der Waals surface area contributed by atoms with Gasteiger partial charge < -0.3 is 9.72 Å². The zero-order chi connectivity index (χ0) is 12.5. The molecular weight excluding hydrogens is 318 g/mol. The molecule has 6 nitrogen and oxygen atoms in total. The monoisotopic (exact) mass is 326 g/mol. The number of halogens is 1. The Hall–Kier alpha value is -1.67. The van der Waals surface area contributed by atoms with Crippen molar-refractivity contribution in [3.8, 4) is 5.88 Å². The molecule has 4 N–H and O–H groups in total. The van der Waals surface area contributed by atoms with Crippen molar-refractivity contribution in [1.82, 2.24) is 15.0 Å². The van der Waals surface area contributed by atoms with Gasteiger partial charge in [0, 0.05) is 14.7 Å². The quantitative estimate of drug-likeness (QED) is 0.767. The Balaban J connectivity index is 1.87. The maximum Gasteiger partial charge on any atom is 0.392 e. The molecule has 0 atom stereocenters. The van der Waals surface area contributed by atoms with Crippen LogP contribution in [-0.2, 0) is 6.61 Å². The molecule has 0 fully saturated rings. The van der Waals surface area contributed by atoms with E-state index in [-0.39, 0.29) is 5.95 Å². The number of fused-ring (bicyclic) bond motifs is 1. The summed E-state index contributed by atoms with van der Waals surface area (Å²) < 4.78 is 6.75. The number of imidazole rings is 1. The van der Waals surface area contributed by atoms with Crippen LogP contribution in [0.15, 0.2) is 22.2 Å². The smallest absolute Gasteiger partial charge is 0.392 e. The van der Waals surface area contributed by atoms with Crippen molar-refractivity contribution in [2.45, 2.75) is 6.61 Å². The fourth-order valence-electron chi connectivity index (χ4n) is 1.54. The molecule has 3 aromatic heterocycles. The van der Waals surface area contributed by atoms with E-state index in [9.17, 15) is 0 Å². The van der Waals surface area contributed by atoms with Crippen LogP contribution in [0.5, 0.6) is 5.88 Å². The second-order valence-electron chi connectivity index (χ2n) is 3.57. The van der Waals surface area contributed by atoms with Gasteiger partial charge in [-0.1, -0.05) is 0 Å². The van der Waals surface area contributed by atoms with Crippen LogP contribution in [0.2, 0.25) is 0 Å². The fraction of sp³-hybridized carbons (Fsp3) is 0.100. The van der Waals surface area contributed by atoms with E-state index in [1.54, 1.807) is 17.7 Å². The third kappa shape index (κ3) is 2.16. The Bertz CT molecular complexity index is 694. The molecule has 0 saturated carbocycles. The maximum absolute atomic E-state index is 5.70. The number of H-pyrrole nitrogens is 2. The SMILES string of the molecule is Nc1nc2nc[nH]c2c(OCc2cc(Br)cs2)[nH+]1. The summed E-state index contributed by atoms with van der Waals surface area (Å²) in [6.07, 6.45) is 1.56. The van der Waals surface area contributed by atoms with Crippen LogP contribution < -0.4 is 15.5 Å². The molecule has 8 heteroatoms. The first-order valence-corrected chi connectivity index (χ1v) is 6.77. The number of aromatic nitrogens is 4. The number of rotatable bonds is 3. The lowest BCUT2D eigenvalue weighted by Crippen LogP contribution is -2.17. The van der Waals surface area contributed by atoms with Gasteiger partial charge in [-0.25, -0.2) is 9.97 Å². The Labute approximate surface area is 114 Å². The summed E-state index contributed by atoms with van der Waals surface area (Å²) in [6, 6.07) is 2.01.